The highest BCUT2D eigenvalue weighted by Gasteiger charge is 2.46. The first-order valence-electron chi connectivity index (χ1n) is 3.15. The Morgan fingerprint density at radius 2 is 1.67 bits per heavy atom. The third-order valence-corrected chi connectivity index (χ3v) is 2.15. The van der Waals surface area contributed by atoms with Crippen molar-refractivity contribution in [1.82, 2.24) is 0 Å². The Labute approximate surface area is 56.7 Å². The summed E-state index contributed by atoms with van der Waals surface area (Å²) in [5, 5.41) is 0.0208. The number of rotatable bonds is 0. The third-order valence-electron chi connectivity index (χ3n) is 2.15. The molecule has 1 radical (unpaired) electrons. The molecule has 0 aliphatic carbocycles. The van der Waals surface area contributed by atoms with Gasteiger partial charge in [0.15, 0.2) is 0 Å². The predicted molar refractivity (Wildman–Crippen MR) is 36.0 cm³/mol. The summed E-state index contributed by atoms with van der Waals surface area (Å²) in [6.07, 6.45) is 0. The highest BCUT2D eigenvalue weighted by Crippen LogP contribution is 2.44. The molecule has 9 heavy (non-hydrogen) atoms. The summed E-state index contributed by atoms with van der Waals surface area (Å²) in [4.78, 5) is 9.75. The molecule has 1 saturated heterocycles. The molecule has 0 bridgehead atoms. The summed E-state index contributed by atoms with van der Waals surface area (Å²) in [6.45, 7) is 8.19. The molecule has 1 aliphatic heterocycles. The second-order valence-electron chi connectivity index (χ2n) is 3.53. The molecule has 0 saturated carbocycles. The summed E-state index contributed by atoms with van der Waals surface area (Å²) in [6, 6.07) is 0. The monoisotopic (exact) mass is 127 g/mol. The van der Waals surface area contributed by atoms with Crippen molar-refractivity contribution in [2.75, 3.05) is 0 Å². The van der Waals surface area contributed by atoms with E-state index < -0.39 is 0 Å². The Morgan fingerprint density at radius 3 is 1.78 bits per heavy atom. The first-order chi connectivity index (χ1) is 3.96. The van der Waals surface area contributed by atoms with Crippen molar-refractivity contribution < 1.29 is 9.69 Å². The molecule has 1 heterocycles. The zero-order valence-electron chi connectivity index (χ0n) is 6.39. The van der Waals surface area contributed by atoms with Crippen molar-refractivity contribution in [3.8, 4) is 0 Å². The SMILES string of the molecule is CC1(C)[B]OOC1(C)C. The van der Waals surface area contributed by atoms with Gasteiger partial charge in [0.25, 0.3) is 0 Å². The van der Waals surface area contributed by atoms with Crippen LogP contribution in [0.5, 0.6) is 0 Å². The molecular weight excluding hydrogens is 115 g/mol. The fourth-order valence-electron chi connectivity index (χ4n) is 0.514. The molecule has 1 aliphatic rings. The van der Waals surface area contributed by atoms with E-state index in [1.165, 1.54) is 0 Å². The molecule has 0 N–H and O–H groups in total. The summed E-state index contributed by atoms with van der Waals surface area (Å²) >= 11 is 0. The van der Waals surface area contributed by atoms with Gasteiger partial charge in [0.05, 0.1) is 5.60 Å². The summed E-state index contributed by atoms with van der Waals surface area (Å²) in [5.41, 5.74) is -0.188. The smallest absolute Gasteiger partial charge is 0.310 e. The molecule has 0 unspecified atom stereocenters. The van der Waals surface area contributed by atoms with Crippen molar-refractivity contribution in [3.63, 3.8) is 0 Å². The topological polar surface area (TPSA) is 18.5 Å². The van der Waals surface area contributed by atoms with Crippen LogP contribution in [0.1, 0.15) is 27.7 Å². The highest BCUT2D eigenvalue weighted by molar-refractivity contribution is 6.33. The van der Waals surface area contributed by atoms with Crippen LogP contribution in [-0.4, -0.2) is 13.1 Å². The van der Waals surface area contributed by atoms with E-state index in [9.17, 15) is 0 Å². The van der Waals surface area contributed by atoms with Crippen molar-refractivity contribution >= 4 is 7.48 Å². The quantitative estimate of drug-likeness (QED) is 0.363. The third kappa shape index (κ3) is 0.991. The lowest BCUT2D eigenvalue weighted by Crippen LogP contribution is -2.31. The molecule has 0 amide bonds. The van der Waals surface area contributed by atoms with Gasteiger partial charge in [-0.15, -0.1) is 0 Å². The molecule has 0 atom stereocenters. The molecule has 1 rings (SSSR count). The maximum absolute atomic E-state index is 5.00. The van der Waals surface area contributed by atoms with Crippen LogP contribution in [0.15, 0.2) is 0 Å². The van der Waals surface area contributed by atoms with Crippen LogP contribution in [0.4, 0.5) is 0 Å². The molecule has 0 spiro atoms. The minimum absolute atomic E-state index is 0.0208. The molecule has 0 aromatic carbocycles. The average Bonchev–Trinajstić information content (AvgIpc) is 1.81. The highest BCUT2D eigenvalue weighted by atomic mass is 17.2. The maximum atomic E-state index is 5.00. The van der Waals surface area contributed by atoms with Crippen LogP contribution in [-0.2, 0) is 9.69 Å². The fourth-order valence-corrected chi connectivity index (χ4v) is 0.514. The summed E-state index contributed by atoms with van der Waals surface area (Å²) in [5.74, 6) is 0. The Hall–Kier alpha value is -0.0151. The summed E-state index contributed by atoms with van der Waals surface area (Å²) in [7, 11) is 1.73. The molecular formula is C6H12BO2. The van der Waals surface area contributed by atoms with Gasteiger partial charge in [-0.25, -0.2) is 4.89 Å². The lowest BCUT2D eigenvalue weighted by atomic mass is 9.59. The van der Waals surface area contributed by atoms with E-state index in [0.717, 1.165) is 0 Å². The summed E-state index contributed by atoms with van der Waals surface area (Å²) < 4.78 is 0. The van der Waals surface area contributed by atoms with Crippen molar-refractivity contribution in [2.45, 2.75) is 38.6 Å². The second-order valence-corrected chi connectivity index (χ2v) is 3.53. The van der Waals surface area contributed by atoms with E-state index in [-0.39, 0.29) is 10.9 Å². The zero-order chi connectivity index (χ0) is 7.12. The first kappa shape index (κ1) is 7.10. The van der Waals surface area contributed by atoms with E-state index in [2.05, 4.69) is 13.8 Å². The normalized spacial score (nSPS) is 29.8. The first-order valence-corrected chi connectivity index (χ1v) is 3.15. The molecule has 3 heteroatoms. The minimum atomic E-state index is -0.188. The zero-order valence-corrected chi connectivity index (χ0v) is 6.39. The van der Waals surface area contributed by atoms with Crippen molar-refractivity contribution in [1.29, 1.82) is 0 Å². The molecule has 2 nitrogen and oxygen atoms in total. The van der Waals surface area contributed by atoms with Crippen LogP contribution in [0.2, 0.25) is 5.31 Å². The van der Waals surface area contributed by atoms with Gasteiger partial charge in [0.2, 0.25) is 0 Å². The van der Waals surface area contributed by atoms with Gasteiger partial charge in [-0.3, -0.25) is 0 Å². The molecule has 1 fully saturated rings. The average molecular weight is 127 g/mol. The standard InChI is InChI=1S/C6H12BO2/c1-5(2)6(3,4)8-9-7-5/h1-4H3. The van der Waals surface area contributed by atoms with Crippen LogP contribution in [0.3, 0.4) is 0 Å². The Balaban J connectivity index is 2.75. The molecule has 0 aromatic heterocycles. The molecule has 0 aromatic rings. The van der Waals surface area contributed by atoms with Crippen molar-refractivity contribution in [3.05, 3.63) is 0 Å². The van der Waals surface area contributed by atoms with E-state index in [1.54, 1.807) is 7.48 Å². The van der Waals surface area contributed by atoms with E-state index in [4.69, 9.17) is 9.69 Å². The van der Waals surface area contributed by atoms with Crippen molar-refractivity contribution in [2.24, 2.45) is 0 Å². The van der Waals surface area contributed by atoms with Gasteiger partial charge in [-0.2, -0.15) is 0 Å². The number of hydrogen-bond donors (Lipinski definition) is 0. The van der Waals surface area contributed by atoms with Gasteiger partial charge >= 0.3 is 7.48 Å². The maximum Gasteiger partial charge on any atom is 0.353 e. The number of hydrogen-bond acceptors (Lipinski definition) is 2. The Kier molecular flexibility index (Phi) is 1.37. The Bertz CT molecular complexity index is 106. The van der Waals surface area contributed by atoms with Crippen LogP contribution in [0, 0.1) is 0 Å². The minimum Gasteiger partial charge on any atom is -0.310 e. The van der Waals surface area contributed by atoms with Gasteiger partial charge in [0, 0.05) is 5.31 Å². The van der Waals surface area contributed by atoms with E-state index in [0.29, 0.717) is 0 Å². The lowest BCUT2D eigenvalue weighted by molar-refractivity contribution is -0.260. The van der Waals surface area contributed by atoms with E-state index >= 15 is 0 Å². The van der Waals surface area contributed by atoms with Crippen LogP contribution >= 0.6 is 0 Å². The Morgan fingerprint density at radius 1 is 1.11 bits per heavy atom. The van der Waals surface area contributed by atoms with Gasteiger partial charge in [-0.05, 0) is 13.8 Å². The second kappa shape index (κ2) is 1.73. The van der Waals surface area contributed by atoms with Crippen LogP contribution < -0.4 is 0 Å². The van der Waals surface area contributed by atoms with Gasteiger partial charge in [0.1, 0.15) is 0 Å². The largest absolute Gasteiger partial charge is 0.353 e. The fraction of sp³-hybridized carbons (Fsp3) is 1.00. The van der Waals surface area contributed by atoms with Gasteiger partial charge < -0.3 is 4.81 Å². The van der Waals surface area contributed by atoms with Gasteiger partial charge in [-0.1, -0.05) is 13.8 Å². The predicted octanol–water partition coefficient (Wildman–Crippen LogP) is 1.54. The molecule has 51 valence electrons. The van der Waals surface area contributed by atoms with E-state index in [1.807, 2.05) is 13.8 Å². The van der Waals surface area contributed by atoms with Crippen LogP contribution in [0.25, 0.3) is 0 Å². The lowest BCUT2D eigenvalue weighted by Gasteiger charge is -2.28.